The molecule has 0 spiro atoms. The average Bonchev–Trinajstić information content (AvgIpc) is 2.84. The van der Waals surface area contributed by atoms with Crippen LogP contribution < -0.4 is 5.32 Å². The maximum absolute atomic E-state index is 4.19. The molecule has 0 unspecified atom stereocenters. The quantitative estimate of drug-likeness (QED) is 0.678. The second-order valence-corrected chi connectivity index (χ2v) is 3.74. The Hall–Kier alpha value is -0.900. The highest BCUT2D eigenvalue weighted by molar-refractivity contribution is 4.80. The Morgan fingerprint density at radius 3 is 3.08 bits per heavy atom. The minimum Gasteiger partial charge on any atom is -0.310 e. The maximum Gasteiger partial charge on any atom is 0.164 e. The first-order valence-electron chi connectivity index (χ1n) is 4.90. The molecule has 1 aromatic rings. The number of hydrogen-bond acceptors (Lipinski definition) is 3. The van der Waals surface area contributed by atoms with Gasteiger partial charge in [0.25, 0.3) is 0 Å². The number of aryl methyl sites for hydroxylation is 1. The number of nitrogens with zero attached hydrogens (tertiary/aromatic N) is 3. The van der Waals surface area contributed by atoms with Crippen molar-refractivity contribution in [3.63, 3.8) is 0 Å². The van der Waals surface area contributed by atoms with E-state index in [0.717, 1.165) is 24.8 Å². The molecule has 72 valence electrons. The standard InChI is InChI=1S/C9H16N4/c1-13-7-11-9(12-13)6-10-5-4-8-2-3-8/h7-8,10H,2-6H2,1H3. The van der Waals surface area contributed by atoms with Crippen LogP contribution in [0.25, 0.3) is 0 Å². The van der Waals surface area contributed by atoms with E-state index in [4.69, 9.17) is 0 Å². The lowest BCUT2D eigenvalue weighted by Gasteiger charge is -1.99. The Morgan fingerprint density at radius 2 is 2.46 bits per heavy atom. The Kier molecular flexibility index (Phi) is 2.59. The van der Waals surface area contributed by atoms with Gasteiger partial charge in [-0.3, -0.25) is 4.68 Å². The normalized spacial score (nSPS) is 16.4. The van der Waals surface area contributed by atoms with Crippen LogP contribution in [0.2, 0.25) is 0 Å². The van der Waals surface area contributed by atoms with Crippen LogP contribution in [0.1, 0.15) is 25.1 Å². The smallest absolute Gasteiger partial charge is 0.164 e. The van der Waals surface area contributed by atoms with Crippen LogP contribution in [-0.2, 0) is 13.6 Å². The van der Waals surface area contributed by atoms with Gasteiger partial charge in [-0.1, -0.05) is 12.8 Å². The second kappa shape index (κ2) is 3.87. The van der Waals surface area contributed by atoms with Gasteiger partial charge in [0.15, 0.2) is 5.82 Å². The molecule has 0 aromatic carbocycles. The van der Waals surface area contributed by atoms with Crippen molar-refractivity contribution < 1.29 is 0 Å². The van der Waals surface area contributed by atoms with E-state index in [1.807, 2.05) is 7.05 Å². The molecule has 0 aliphatic heterocycles. The van der Waals surface area contributed by atoms with E-state index >= 15 is 0 Å². The van der Waals surface area contributed by atoms with Crippen molar-refractivity contribution in [3.8, 4) is 0 Å². The van der Waals surface area contributed by atoms with E-state index in [1.165, 1.54) is 19.3 Å². The summed E-state index contributed by atoms with van der Waals surface area (Å²) in [6, 6.07) is 0. The third kappa shape index (κ3) is 2.81. The number of nitrogens with one attached hydrogen (secondary N) is 1. The minimum atomic E-state index is 0.799. The van der Waals surface area contributed by atoms with E-state index in [9.17, 15) is 0 Å². The summed E-state index contributed by atoms with van der Waals surface area (Å²) in [6.45, 7) is 1.90. The number of aromatic nitrogens is 3. The molecule has 0 radical (unpaired) electrons. The largest absolute Gasteiger partial charge is 0.310 e. The molecule has 1 aliphatic rings. The third-order valence-corrected chi connectivity index (χ3v) is 2.36. The average molecular weight is 180 g/mol. The fourth-order valence-corrected chi connectivity index (χ4v) is 1.38. The summed E-state index contributed by atoms with van der Waals surface area (Å²) < 4.78 is 1.73. The molecule has 1 fully saturated rings. The molecular formula is C9H16N4. The molecule has 0 saturated heterocycles. The SMILES string of the molecule is Cn1cnc(CNCCC2CC2)n1. The lowest BCUT2D eigenvalue weighted by molar-refractivity contribution is 0.595. The van der Waals surface area contributed by atoms with Crippen molar-refractivity contribution in [1.82, 2.24) is 20.1 Å². The maximum atomic E-state index is 4.19. The zero-order valence-electron chi connectivity index (χ0n) is 8.03. The Balaban J connectivity index is 1.61. The van der Waals surface area contributed by atoms with Gasteiger partial charge in [0.1, 0.15) is 6.33 Å². The van der Waals surface area contributed by atoms with Crippen molar-refractivity contribution in [2.45, 2.75) is 25.8 Å². The van der Waals surface area contributed by atoms with Crippen LogP contribution in [0.3, 0.4) is 0 Å². The predicted octanol–water partition coefficient (Wildman–Crippen LogP) is 0.705. The van der Waals surface area contributed by atoms with Crippen LogP contribution >= 0.6 is 0 Å². The molecule has 4 nitrogen and oxygen atoms in total. The summed E-state index contributed by atoms with van der Waals surface area (Å²) >= 11 is 0. The monoisotopic (exact) mass is 180 g/mol. The van der Waals surface area contributed by atoms with Gasteiger partial charge in [-0.2, -0.15) is 5.10 Å². The van der Waals surface area contributed by atoms with Crippen molar-refractivity contribution >= 4 is 0 Å². The molecule has 1 aliphatic carbocycles. The molecular weight excluding hydrogens is 164 g/mol. The second-order valence-electron chi connectivity index (χ2n) is 3.74. The molecule has 4 heteroatoms. The van der Waals surface area contributed by atoms with Crippen molar-refractivity contribution in [2.24, 2.45) is 13.0 Å². The highest BCUT2D eigenvalue weighted by Gasteiger charge is 2.19. The summed E-state index contributed by atoms with van der Waals surface area (Å²) in [7, 11) is 1.89. The fourth-order valence-electron chi connectivity index (χ4n) is 1.38. The molecule has 0 atom stereocenters. The summed E-state index contributed by atoms with van der Waals surface area (Å²) in [5, 5.41) is 7.53. The lowest BCUT2D eigenvalue weighted by atomic mass is 10.3. The van der Waals surface area contributed by atoms with Crippen LogP contribution in [0.15, 0.2) is 6.33 Å². The molecule has 1 saturated carbocycles. The van der Waals surface area contributed by atoms with Crippen LogP contribution in [0.5, 0.6) is 0 Å². The molecule has 1 aromatic heterocycles. The summed E-state index contributed by atoms with van der Waals surface area (Å²) in [6.07, 6.45) is 5.91. The van der Waals surface area contributed by atoms with Crippen molar-refractivity contribution in [1.29, 1.82) is 0 Å². The Morgan fingerprint density at radius 1 is 1.62 bits per heavy atom. The van der Waals surface area contributed by atoms with Gasteiger partial charge in [0.2, 0.25) is 0 Å². The van der Waals surface area contributed by atoms with Crippen molar-refractivity contribution in [3.05, 3.63) is 12.2 Å². The van der Waals surface area contributed by atoms with Crippen molar-refractivity contribution in [2.75, 3.05) is 6.54 Å². The topological polar surface area (TPSA) is 42.7 Å². The molecule has 13 heavy (non-hydrogen) atoms. The number of hydrogen-bond donors (Lipinski definition) is 1. The van der Waals surface area contributed by atoms with Gasteiger partial charge in [-0.15, -0.1) is 0 Å². The van der Waals surface area contributed by atoms with Gasteiger partial charge in [0, 0.05) is 7.05 Å². The Bertz CT molecular complexity index is 264. The van der Waals surface area contributed by atoms with Gasteiger partial charge in [-0.25, -0.2) is 4.98 Å². The van der Waals surface area contributed by atoms with Gasteiger partial charge in [-0.05, 0) is 18.9 Å². The predicted molar refractivity (Wildman–Crippen MR) is 50.1 cm³/mol. The summed E-state index contributed by atoms with van der Waals surface area (Å²) in [5.41, 5.74) is 0. The van der Waals surface area contributed by atoms with Crippen LogP contribution in [-0.4, -0.2) is 21.3 Å². The first-order chi connectivity index (χ1) is 6.34. The highest BCUT2D eigenvalue weighted by Crippen LogP contribution is 2.31. The lowest BCUT2D eigenvalue weighted by Crippen LogP contribution is -2.16. The zero-order chi connectivity index (χ0) is 9.10. The van der Waals surface area contributed by atoms with Crippen LogP contribution in [0.4, 0.5) is 0 Å². The molecule has 2 rings (SSSR count). The summed E-state index contributed by atoms with van der Waals surface area (Å²) in [5.74, 6) is 1.89. The molecule has 1 N–H and O–H groups in total. The van der Waals surface area contributed by atoms with E-state index in [-0.39, 0.29) is 0 Å². The van der Waals surface area contributed by atoms with Gasteiger partial charge < -0.3 is 5.32 Å². The van der Waals surface area contributed by atoms with E-state index in [0.29, 0.717) is 0 Å². The molecule has 1 heterocycles. The third-order valence-electron chi connectivity index (χ3n) is 2.36. The molecule has 0 amide bonds. The van der Waals surface area contributed by atoms with Crippen LogP contribution in [0, 0.1) is 5.92 Å². The van der Waals surface area contributed by atoms with E-state index in [2.05, 4.69) is 15.4 Å². The Labute approximate surface area is 78.4 Å². The minimum absolute atomic E-state index is 0.799. The fraction of sp³-hybridized carbons (Fsp3) is 0.778. The van der Waals surface area contributed by atoms with E-state index in [1.54, 1.807) is 11.0 Å². The van der Waals surface area contributed by atoms with Gasteiger partial charge >= 0.3 is 0 Å². The number of rotatable bonds is 5. The summed E-state index contributed by atoms with van der Waals surface area (Å²) in [4.78, 5) is 4.14. The first-order valence-corrected chi connectivity index (χ1v) is 4.90. The molecule has 0 bridgehead atoms. The zero-order valence-corrected chi connectivity index (χ0v) is 8.03. The first kappa shape index (κ1) is 8.69. The highest BCUT2D eigenvalue weighted by atomic mass is 15.3. The van der Waals surface area contributed by atoms with Gasteiger partial charge in [0.05, 0.1) is 6.54 Å². The van der Waals surface area contributed by atoms with E-state index < -0.39 is 0 Å².